The van der Waals surface area contributed by atoms with E-state index < -0.39 is 0 Å². The van der Waals surface area contributed by atoms with Gasteiger partial charge in [0.15, 0.2) is 17.1 Å². The zero-order valence-electron chi connectivity index (χ0n) is 16.7. The quantitative estimate of drug-likeness (QED) is 0.523. The van der Waals surface area contributed by atoms with Gasteiger partial charge in [0.2, 0.25) is 0 Å². The van der Waals surface area contributed by atoms with Gasteiger partial charge in [-0.2, -0.15) is 5.10 Å². The summed E-state index contributed by atoms with van der Waals surface area (Å²) in [5.74, 6) is 1.04. The summed E-state index contributed by atoms with van der Waals surface area (Å²) in [6.45, 7) is 3.87. The van der Waals surface area contributed by atoms with Crippen LogP contribution in [0.3, 0.4) is 0 Å². The number of methoxy groups -OCH3 is 2. The van der Waals surface area contributed by atoms with Gasteiger partial charge in [0.1, 0.15) is 5.82 Å². The minimum absolute atomic E-state index is 0.275. The highest BCUT2D eigenvalue weighted by Gasteiger charge is 2.17. The number of hydrogen-bond acceptors (Lipinski definition) is 5. The summed E-state index contributed by atoms with van der Waals surface area (Å²) in [6.07, 6.45) is 1.89. The second kappa shape index (κ2) is 7.43. The third-order valence-electron chi connectivity index (χ3n) is 4.77. The fourth-order valence-corrected chi connectivity index (χ4v) is 3.31. The van der Waals surface area contributed by atoms with Crippen molar-refractivity contribution in [2.45, 2.75) is 13.8 Å². The summed E-state index contributed by atoms with van der Waals surface area (Å²) in [6, 6.07) is 11.9. The number of hydrogen-bond donors (Lipinski definition) is 1. The molecule has 0 radical (unpaired) electrons. The Bertz CT molecular complexity index is 1190. The van der Waals surface area contributed by atoms with E-state index in [1.54, 1.807) is 30.9 Å². The van der Waals surface area contributed by atoms with E-state index in [1.807, 2.05) is 38.2 Å². The summed E-state index contributed by atoms with van der Waals surface area (Å²) >= 11 is 0. The van der Waals surface area contributed by atoms with Gasteiger partial charge in [0.05, 0.1) is 37.5 Å². The first-order valence-corrected chi connectivity index (χ1v) is 9.11. The van der Waals surface area contributed by atoms with Crippen LogP contribution in [0.25, 0.3) is 16.8 Å². The Morgan fingerprint density at radius 3 is 2.34 bits per heavy atom. The number of aromatic nitrogens is 3. The lowest BCUT2D eigenvalue weighted by atomic mass is 10.1. The van der Waals surface area contributed by atoms with Crippen LogP contribution in [0.1, 0.15) is 11.4 Å². The van der Waals surface area contributed by atoms with E-state index in [2.05, 4.69) is 10.4 Å². The third kappa shape index (κ3) is 3.47. The number of nitrogens with one attached hydrogen (secondary N) is 1. The lowest BCUT2D eigenvalue weighted by Crippen LogP contribution is -2.00. The van der Waals surface area contributed by atoms with Crippen molar-refractivity contribution in [1.29, 1.82) is 0 Å². The second-order valence-corrected chi connectivity index (χ2v) is 6.67. The van der Waals surface area contributed by atoms with Crippen LogP contribution in [-0.4, -0.2) is 28.8 Å². The number of anilines is 2. The molecule has 0 spiro atoms. The van der Waals surface area contributed by atoms with Crippen LogP contribution < -0.4 is 14.8 Å². The van der Waals surface area contributed by atoms with Crippen molar-refractivity contribution in [1.82, 2.24) is 14.6 Å². The Kier molecular flexibility index (Phi) is 4.80. The first kappa shape index (κ1) is 18.7. The standard InChI is InChI=1S/C22H21FN4O2/c1-13-18(25-17-8-6-16(23)7-9-17)12-27-22(24-13)21(14(2)26-27)15-5-10-19(28-3)20(11-15)29-4/h5-12,25H,1-4H3. The molecule has 2 aromatic heterocycles. The van der Waals surface area contributed by atoms with Crippen LogP contribution in [0, 0.1) is 19.7 Å². The monoisotopic (exact) mass is 392 g/mol. The Balaban J connectivity index is 1.78. The molecule has 0 saturated heterocycles. The van der Waals surface area contributed by atoms with Gasteiger partial charge in [-0.15, -0.1) is 0 Å². The average molecular weight is 392 g/mol. The predicted molar refractivity (Wildman–Crippen MR) is 111 cm³/mol. The number of ether oxygens (including phenoxy) is 2. The van der Waals surface area contributed by atoms with Gasteiger partial charge < -0.3 is 14.8 Å². The highest BCUT2D eigenvalue weighted by molar-refractivity contribution is 5.82. The van der Waals surface area contributed by atoms with Gasteiger partial charge in [-0.25, -0.2) is 13.9 Å². The van der Waals surface area contributed by atoms with Crippen LogP contribution in [0.2, 0.25) is 0 Å². The third-order valence-corrected chi connectivity index (χ3v) is 4.77. The zero-order chi connectivity index (χ0) is 20.5. The summed E-state index contributed by atoms with van der Waals surface area (Å²) in [7, 11) is 3.22. The molecule has 0 saturated carbocycles. The molecule has 2 heterocycles. The minimum atomic E-state index is -0.275. The molecule has 7 heteroatoms. The van der Waals surface area contributed by atoms with E-state index in [0.717, 1.165) is 39.5 Å². The van der Waals surface area contributed by atoms with Crippen molar-refractivity contribution in [3.8, 4) is 22.6 Å². The van der Waals surface area contributed by atoms with E-state index in [4.69, 9.17) is 14.5 Å². The molecule has 0 aliphatic rings. The van der Waals surface area contributed by atoms with Gasteiger partial charge in [-0.05, 0) is 55.8 Å². The van der Waals surface area contributed by atoms with Crippen molar-refractivity contribution >= 4 is 17.0 Å². The Morgan fingerprint density at radius 2 is 1.66 bits per heavy atom. The highest BCUT2D eigenvalue weighted by atomic mass is 19.1. The number of rotatable bonds is 5. The normalized spacial score (nSPS) is 10.9. The largest absolute Gasteiger partial charge is 0.493 e. The van der Waals surface area contributed by atoms with Crippen LogP contribution >= 0.6 is 0 Å². The topological polar surface area (TPSA) is 60.7 Å². The first-order chi connectivity index (χ1) is 14.0. The smallest absolute Gasteiger partial charge is 0.163 e. The number of aryl methyl sites for hydroxylation is 2. The van der Waals surface area contributed by atoms with Gasteiger partial charge in [0.25, 0.3) is 0 Å². The Labute approximate surface area is 167 Å². The molecule has 4 rings (SSSR count). The molecule has 0 amide bonds. The van der Waals surface area contributed by atoms with E-state index in [0.29, 0.717) is 11.5 Å². The van der Waals surface area contributed by atoms with E-state index in [9.17, 15) is 4.39 Å². The van der Waals surface area contributed by atoms with Crippen molar-refractivity contribution in [3.05, 3.63) is 65.9 Å². The van der Waals surface area contributed by atoms with Crippen LogP contribution in [0.5, 0.6) is 11.5 Å². The fraction of sp³-hybridized carbons (Fsp3) is 0.182. The molecule has 0 aliphatic carbocycles. The average Bonchev–Trinajstić information content (AvgIpc) is 3.04. The molecule has 0 fully saturated rings. The van der Waals surface area contributed by atoms with Gasteiger partial charge in [0, 0.05) is 11.3 Å². The molecule has 1 N–H and O–H groups in total. The fourth-order valence-electron chi connectivity index (χ4n) is 3.31. The second-order valence-electron chi connectivity index (χ2n) is 6.67. The predicted octanol–water partition coefficient (Wildman–Crippen LogP) is 4.91. The van der Waals surface area contributed by atoms with Gasteiger partial charge >= 0.3 is 0 Å². The first-order valence-electron chi connectivity index (χ1n) is 9.11. The lowest BCUT2D eigenvalue weighted by Gasteiger charge is -2.11. The van der Waals surface area contributed by atoms with Crippen LogP contribution in [0.15, 0.2) is 48.7 Å². The molecule has 148 valence electrons. The maximum atomic E-state index is 13.2. The van der Waals surface area contributed by atoms with E-state index in [-0.39, 0.29) is 5.82 Å². The lowest BCUT2D eigenvalue weighted by molar-refractivity contribution is 0.355. The highest BCUT2D eigenvalue weighted by Crippen LogP contribution is 2.35. The Hall–Kier alpha value is -3.61. The van der Waals surface area contributed by atoms with E-state index in [1.165, 1.54) is 12.1 Å². The minimum Gasteiger partial charge on any atom is -0.493 e. The van der Waals surface area contributed by atoms with Crippen LogP contribution in [0.4, 0.5) is 15.8 Å². The summed E-state index contributed by atoms with van der Waals surface area (Å²) in [4.78, 5) is 4.78. The molecular weight excluding hydrogens is 371 g/mol. The molecule has 29 heavy (non-hydrogen) atoms. The maximum absolute atomic E-state index is 13.2. The Morgan fingerprint density at radius 1 is 0.931 bits per heavy atom. The summed E-state index contributed by atoms with van der Waals surface area (Å²) in [5.41, 5.74) is 5.86. The number of benzene rings is 2. The summed E-state index contributed by atoms with van der Waals surface area (Å²) < 4.78 is 25.7. The number of halogens is 1. The van der Waals surface area contributed by atoms with Gasteiger partial charge in [-0.1, -0.05) is 6.07 Å². The maximum Gasteiger partial charge on any atom is 0.163 e. The van der Waals surface area contributed by atoms with Crippen LogP contribution in [-0.2, 0) is 0 Å². The van der Waals surface area contributed by atoms with Crippen molar-refractivity contribution in [2.24, 2.45) is 0 Å². The SMILES string of the molecule is COc1ccc(-c2c(C)nn3cc(Nc4ccc(F)cc4)c(C)nc23)cc1OC. The number of nitrogens with zero attached hydrogens (tertiary/aromatic N) is 3. The molecule has 0 atom stereocenters. The van der Waals surface area contributed by atoms with E-state index >= 15 is 0 Å². The van der Waals surface area contributed by atoms with Gasteiger partial charge in [-0.3, -0.25) is 0 Å². The van der Waals surface area contributed by atoms with Crippen molar-refractivity contribution in [2.75, 3.05) is 19.5 Å². The molecule has 4 aromatic rings. The van der Waals surface area contributed by atoms with Crippen molar-refractivity contribution in [3.63, 3.8) is 0 Å². The van der Waals surface area contributed by atoms with Crippen molar-refractivity contribution < 1.29 is 13.9 Å². The zero-order valence-corrected chi connectivity index (χ0v) is 16.7. The molecular formula is C22H21FN4O2. The molecule has 0 bridgehead atoms. The molecule has 2 aromatic carbocycles. The number of fused-ring (bicyclic) bond motifs is 1. The molecule has 6 nitrogen and oxygen atoms in total. The molecule has 0 aliphatic heterocycles. The summed E-state index contributed by atoms with van der Waals surface area (Å²) in [5, 5.41) is 7.89. The molecule has 0 unspecified atom stereocenters.